The van der Waals surface area contributed by atoms with Crippen molar-refractivity contribution in [1.29, 1.82) is 0 Å². The number of nitrogens with zero attached hydrogens (tertiary/aromatic N) is 1. The number of nitrogens with two attached hydrogens (primary N) is 1. The maximum atomic E-state index is 14.6. The van der Waals surface area contributed by atoms with E-state index in [1.54, 1.807) is 31.3 Å². The SMILES string of the molecule is CNCc1cc(-c2ccccc2F)n(S(=O)(=O)c2cccc(NC(=O)C(N)Cc3ccccc3)c2)c1.Cl.Cl. The Morgan fingerprint density at radius 3 is 2.32 bits per heavy atom. The number of benzene rings is 3. The van der Waals surface area contributed by atoms with Crippen molar-refractivity contribution in [3.8, 4) is 11.3 Å². The van der Waals surface area contributed by atoms with Crippen molar-refractivity contribution in [2.24, 2.45) is 5.73 Å². The molecular formula is C27H29Cl2FN4O3S. The summed E-state index contributed by atoms with van der Waals surface area (Å²) >= 11 is 0. The average Bonchev–Trinajstić information content (AvgIpc) is 3.30. The molecule has 0 bridgehead atoms. The first kappa shape index (κ1) is 31.0. The zero-order valence-electron chi connectivity index (χ0n) is 20.5. The van der Waals surface area contributed by atoms with Gasteiger partial charge in [-0.2, -0.15) is 0 Å². The molecule has 4 N–H and O–H groups in total. The van der Waals surface area contributed by atoms with Gasteiger partial charge in [0.1, 0.15) is 5.82 Å². The second kappa shape index (κ2) is 13.5. The molecule has 0 radical (unpaired) electrons. The molecule has 0 aliphatic rings. The minimum absolute atomic E-state index is 0. The van der Waals surface area contributed by atoms with Crippen molar-refractivity contribution in [1.82, 2.24) is 9.29 Å². The van der Waals surface area contributed by atoms with E-state index in [4.69, 9.17) is 5.73 Å². The highest BCUT2D eigenvalue weighted by Gasteiger charge is 2.24. The molecule has 0 aliphatic heterocycles. The van der Waals surface area contributed by atoms with Gasteiger partial charge in [-0.1, -0.05) is 48.5 Å². The minimum atomic E-state index is -4.12. The number of amides is 1. The summed E-state index contributed by atoms with van der Waals surface area (Å²) in [6.07, 6.45) is 1.81. The van der Waals surface area contributed by atoms with Crippen LogP contribution in [0.25, 0.3) is 11.3 Å². The first-order valence-corrected chi connectivity index (χ1v) is 12.8. The lowest BCUT2D eigenvalue weighted by Crippen LogP contribution is -2.37. The fourth-order valence-corrected chi connectivity index (χ4v) is 5.34. The fraction of sp³-hybridized carbons (Fsp3) is 0.148. The highest BCUT2D eigenvalue weighted by molar-refractivity contribution is 7.90. The Morgan fingerprint density at radius 2 is 1.63 bits per heavy atom. The van der Waals surface area contributed by atoms with Crippen LogP contribution >= 0.6 is 24.8 Å². The molecule has 202 valence electrons. The van der Waals surface area contributed by atoms with E-state index >= 15 is 0 Å². The number of nitrogens with one attached hydrogen (secondary N) is 2. The predicted molar refractivity (Wildman–Crippen MR) is 153 cm³/mol. The Hall–Kier alpha value is -3.21. The molecule has 4 rings (SSSR count). The van der Waals surface area contributed by atoms with Gasteiger partial charge in [0.05, 0.1) is 16.6 Å². The van der Waals surface area contributed by atoms with Gasteiger partial charge >= 0.3 is 0 Å². The normalized spacial score (nSPS) is 11.7. The number of rotatable bonds is 9. The molecule has 11 heteroatoms. The van der Waals surface area contributed by atoms with Crippen molar-refractivity contribution in [2.45, 2.75) is 23.9 Å². The Balaban J connectivity index is 0.00000253. The molecule has 0 fully saturated rings. The average molecular weight is 580 g/mol. The molecule has 0 saturated carbocycles. The number of hydrogen-bond donors (Lipinski definition) is 3. The predicted octanol–water partition coefficient (Wildman–Crippen LogP) is 4.60. The third kappa shape index (κ3) is 7.00. The summed E-state index contributed by atoms with van der Waals surface area (Å²) in [5, 5.41) is 5.68. The first-order valence-electron chi connectivity index (χ1n) is 11.4. The van der Waals surface area contributed by atoms with Crippen LogP contribution in [0.5, 0.6) is 0 Å². The Labute approximate surface area is 234 Å². The second-order valence-electron chi connectivity index (χ2n) is 8.36. The van der Waals surface area contributed by atoms with Crippen LogP contribution in [0.15, 0.2) is 96.0 Å². The molecule has 1 amide bonds. The summed E-state index contributed by atoms with van der Waals surface area (Å²) < 4.78 is 43.0. The van der Waals surface area contributed by atoms with E-state index in [9.17, 15) is 17.6 Å². The summed E-state index contributed by atoms with van der Waals surface area (Å²) in [4.78, 5) is 12.6. The van der Waals surface area contributed by atoms with Gasteiger partial charge < -0.3 is 16.4 Å². The standard InChI is InChI=1S/C27H27FN4O3S.2ClH/c1-30-17-20-15-26(23-12-5-6-13-24(23)28)32(18-20)36(34,35)22-11-7-10-21(16-22)31-27(33)25(29)14-19-8-3-2-4-9-19;;/h2-13,15-16,18,25,30H,14,17,29H2,1H3,(H,31,33);2*1H. The van der Waals surface area contributed by atoms with Gasteiger partial charge in [0, 0.05) is 24.0 Å². The van der Waals surface area contributed by atoms with Gasteiger partial charge in [-0.05, 0) is 61.0 Å². The molecule has 0 aliphatic carbocycles. The van der Waals surface area contributed by atoms with Crippen LogP contribution in [0, 0.1) is 5.82 Å². The number of hydrogen-bond acceptors (Lipinski definition) is 5. The largest absolute Gasteiger partial charge is 0.325 e. The summed E-state index contributed by atoms with van der Waals surface area (Å²) in [5.41, 5.74) is 8.32. The Bertz CT molecular complexity index is 1480. The van der Waals surface area contributed by atoms with E-state index in [0.29, 0.717) is 24.2 Å². The van der Waals surface area contributed by atoms with E-state index in [0.717, 1.165) is 9.54 Å². The van der Waals surface area contributed by atoms with E-state index in [2.05, 4.69) is 10.6 Å². The quantitative estimate of drug-likeness (QED) is 0.269. The lowest BCUT2D eigenvalue weighted by molar-refractivity contribution is -0.117. The third-order valence-corrected chi connectivity index (χ3v) is 7.34. The van der Waals surface area contributed by atoms with Gasteiger partial charge in [-0.25, -0.2) is 16.8 Å². The molecule has 38 heavy (non-hydrogen) atoms. The third-order valence-electron chi connectivity index (χ3n) is 5.67. The summed E-state index contributed by atoms with van der Waals surface area (Å²) in [5.74, 6) is -0.964. The highest BCUT2D eigenvalue weighted by atomic mass is 35.5. The smallest absolute Gasteiger partial charge is 0.268 e. The van der Waals surface area contributed by atoms with Crippen molar-refractivity contribution in [3.63, 3.8) is 0 Å². The van der Waals surface area contributed by atoms with Crippen LogP contribution in [0.1, 0.15) is 11.1 Å². The number of anilines is 1. The number of halogens is 3. The molecular weight excluding hydrogens is 550 g/mol. The van der Waals surface area contributed by atoms with Gasteiger partial charge in [0.25, 0.3) is 10.0 Å². The van der Waals surface area contributed by atoms with Gasteiger partial charge in [0.15, 0.2) is 0 Å². The molecule has 1 atom stereocenters. The van der Waals surface area contributed by atoms with E-state index in [-0.39, 0.29) is 41.0 Å². The van der Waals surface area contributed by atoms with Gasteiger partial charge in [-0.15, -0.1) is 24.8 Å². The van der Waals surface area contributed by atoms with Crippen molar-refractivity contribution >= 4 is 46.4 Å². The molecule has 7 nitrogen and oxygen atoms in total. The van der Waals surface area contributed by atoms with E-state index < -0.39 is 27.8 Å². The second-order valence-corrected chi connectivity index (χ2v) is 10.2. The molecule has 1 heterocycles. The monoisotopic (exact) mass is 578 g/mol. The van der Waals surface area contributed by atoms with Crippen molar-refractivity contribution in [2.75, 3.05) is 12.4 Å². The number of carbonyl (C=O) groups is 1. The Morgan fingerprint density at radius 1 is 0.947 bits per heavy atom. The zero-order chi connectivity index (χ0) is 25.7. The van der Waals surface area contributed by atoms with Crippen LogP contribution in [-0.4, -0.2) is 31.4 Å². The Kier molecular flexibility index (Phi) is 11.1. The van der Waals surface area contributed by atoms with Crippen molar-refractivity contribution < 1.29 is 17.6 Å². The molecule has 0 spiro atoms. The maximum absolute atomic E-state index is 14.6. The highest BCUT2D eigenvalue weighted by Crippen LogP contribution is 2.29. The fourth-order valence-electron chi connectivity index (χ4n) is 3.91. The van der Waals surface area contributed by atoms with Crippen molar-refractivity contribution in [3.05, 3.63) is 108 Å². The van der Waals surface area contributed by atoms with Crippen LogP contribution in [0.4, 0.5) is 10.1 Å². The van der Waals surface area contributed by atoms with Crippen LogP contribution in [0.3, 0.4) is 0 Å². The van der Waals surface area contributed by atoms with E-state index in [1.807, 2.05) is 30.3 Å². The summed E-state index contributed by atoms with van der Waals surface area (Å²) in [7, 11) is -2.38. The van der Waals surface area contributed by atoms with Gasteiger partial charge in [-0.3, -0.25) is 4.79 Å². The van der Waals surface area contributed by atoms with Gasteiger partial charge in [0.2, 0.25) is 5.91 Å². The summed E-state index contributed by atoms with van der Waals surface area (Å²) in [6.45, 7) is 0.402. The molecule has 1 aromatic heterocycles. The molecule has 3 aromatic carbocycles. The van der Waals surface area contributed by atoms with E-state index in [1.165, 1.54) is 36.5 Å². The first-order chi connectivity index (χ1) is 17.3. The molecule has 4 aromatic rings. The zero-order valence-corrected chi connectivity index (χ0v) is 23.0. The van der Waals surface area contributed by atoms with Crippen LogP contribution in [0.2, 0.25) is 0 Å². The molecule has 0 saturated heterocycles. The topological polar surface area (TPSA) is 106 Å². The van der Waals surface area contributed by atoms with Crippen LogP contribution < -0.4 is 16.4 Å². The van der Waals surface area contributed by atoms with Crippen LogP contribution in [-0.2, 0) is 27.8 Å². The lowest BCUT2D eigenvalue weighted by Gasteiger charge is -2.14. The number of carbonyl (C=O) groups excluding carboxylic acids is 1. The lowest BCUT2D eigenvalue weighted by atomic mass is 10.1. The number of aromatic nitrogens is 1. The minimum Gasteiger partial charge on any atom is -0.325 e. The summed E-state index contributed by atoms with van der Waals surface area (Å²) in [6, 6.07) is 22.1. The maximum Gasteiger partial charge on any atom is 0.268 e. The molecule has 1 unspecified atom stereocenters.